The summed E-state index contributed by atoms with van der Waals surface area (Å²) in [6, 6.07) is 8.07. The SMILES string of the molecule is CC(C)(C)[Si](C)(C)OC(CCC1CC2C(CC23OCCO3)C1O)c1ccc(Cl)cc1. The number of rotatable bonds is 6. The second-order valence-electron chi connectivity index (χ2n) is 11.0. The molecular weight excluding hydrogens is 416 g/mol. The normalized spacial score (nSPS) is 31.6. The van der Waals surface area contributed by atoms with Gasteiger partial charge in [0.25, 0.3) is 0 Å². The molecule has 6 heteroatoms. The first-order chi connectivity index (χ1) is 14.0. The third kappa shape index (κ3) is 4.14. The topological polar surface area (TPSA) is 47.9 Å². The Labute approximate surface area is 187 Å². The molecule has 1 spiro atoms. The average Bonchev–Trinajstić information content (AvgIpc) is 3.24. The van der Waals surface area contributed by atoms with Gasteiger partial charge in [0, 0.05) is 17.4 Å². The van der Waals surface area contributed by atoms with Crippen molar-refractivity contribution < 1.29 is 19.0 Å². The van der Waals surface area contributed by atoms with E-state index in [-0.39, 0.29) is 23.2 Å². The molecule has 3 fully saturated rings. The summed E-state index contributed by atoms with van der Waals surface area (Å²) >= 11 is 6.13. The lowest BCUT2D eigenvalue weighted by atomic mass is 9.69. The highest BCUT2D eigenvalue weighted by molar-refractivity contribution is 6.74. The van der Waals surface area contributed by atoms with Gasteiger partial charge in [-0.2, -0.15) is 0 Å². The van der Waals surface area contributed by atoms with Crippen LogP contribution in [0.5, 0.6) is 0 Å². The summed E-state index contributed by atoms with van der Waals surface area (Å²) in [5, 5.41) is 11.8. The summed E-state index contributed by atoms with van der Waals surface area (Å²) in [4.78, 5) is 0. The first kappa shape index (κ1) is 22.7. The van der Waals surface area contributed by atoms with Crippen LogP contribution >= 0.6 is 11.6 Å². The number of aliphatic hydroxyl groups excluding tert-OH is 1. The Morgan fingerprint density at radius 1 is 1.20 bits per heavy atom. The van der Waals surface area contributed by atoms with Crippen LogP contribution in [0.25, 0.3) is 0 Å². The summed E-state index contributed by atoms with van der Waals surface area (Å²) in [5.74, 6) is 0.553. The van der Waals surface area contributed by atoms with E-state index in [9.17, 15) is 5.11 Å². The largest absolute Gasteiger partial charge is 0.410 e. The van der Waals surface area contributed by atoms with Crippen molar-refractivity contribution in [2.45, 2.75) is 82.6 Å². The van der Waals surface area contributed by atoms with Crippen LogP contribution in [-0.2, 0) is 13.9 Å². The van der Waals surface area contributed by atoms with E-state index in [2.05, 4.69) is 46.0 Å². The van der Waals surface area contributed by atoms with Gasteiger partial charge in [0.1, 0.15) is 0 Å². The number of benzene rings is 1. The standard InChI is InChI=1S/C24H37ClO4Si/c1-23(2,3)30(4,5)29-21(16-6-9-18(25)10-7-16)11-8-17-14-20-19(22(17)26)15-24(20)27-12-13-28-24/h6-7,9-10,17,19-22,26H,8,11-15H2,1-5H3. The molecule has 5 atom stereocenters. The third-order valence-electron chi connectivity index (χ3n) is 8.14. The molecule has 4 nitrogen and oxygen atoms in total. The second-order valence-corrected chi connectivity index (χ2v) is 16.2. The molecule has 0 aromatic heterocycles. The minimum absolute atomic E-state index is 0.0292. The zero-order valence-electron chi connectivity index (χ0n) is 19.0. The molecule has 5 unspecified atom stereocenters. The number of hydrogen-bond donors (Lipinski definition) is 1. The van der Waals surface area contributed by atoms with E-state index >= 15 is 0 Å². The summed E-state index contributed by atoms with van der Waals surface area (Å²) in [6.45, 7) is 12.8. The predicted molar refractivity (Wildman–Crippen MR) is 122 cm³/mol. The molecule has 168 valence electrons. The van der Waals surface area contributed by atoms with E-state index in [1.807, 2.05) is 12.1 Å². The van der Waals surface area contributed by atoms with Gasteiger partial charge in [0.15, 0.2) is 14.1 Å². The van der Waals surface area contributed by atoms with Crippen molar-refractivity contribution >= 4 is 19.9 Å². The lowest BCUT2D eigenvalue weighted by Gasteiger charge is -2.48. The van der Waals surface area contributed by atoms with Crippen molar-refractivity contribution in [3.63, 3.8) is 0 Å². The maximum absolute atomic E-state index is 10.9. The first-order valence-electron chi connectivity index (χ1n) is 11.4. The molecule has 0 amide bonds. The Balaban J connectivity index is 1.45. The van der Waals surface area contributed by atoms with Gasteiger partial charge in [-0.1, -0.05) is 44.5 Å². The Kier molecular flexibility index (Phi) is 6.19. The molecular formula is C24H37ClO4Si. The van der Waals surface area contributed by atoms with E-state index in [0.29, 0.717) is 25.0 Å². The van der Waals surface area contributed by atoms with Gasteiger partial charge < -0.3 is 19.0 Å². The molecule has 1 saturated heterocycles. The van der Waals surface area contributed by atoms with Gasteiger partial charge in [-0.05, 0) is 66.9 Å². The monoisotopic (exact) mass is 452 g/mol. The molecule has 3 aliphatic rings. The molecule has 1 aromatic carbocycles. The van der Waals surface area contributed by atoms with Crippen LogP contribution in [0.1, 0.15) is 58.1 Å². The lowest BCUT2D eigenvalue weighted by Crippen LogP contribution is -2.54. The van der Waals surface area contributed by atoms with Gasteiger partial charge in [-0.15, -0.1) is 0 Å². The molecule has 1 heterocycles. The zero-order chi connectivity index (χ0) is 21.7. The van der Waals surface area contributed by atoms with Crippen LogP contribution in [0.15, 0.2) is 24.3 Å². The Morgan fingerprint density at radius 2 is 1.83 bits per heavy atom. The van der Waals surface area contributed by atoms with Crippen molar-refractivity contribution in [2.75, 3.05) is 13.2 Å². The van der Waals surface area contributed by atoms with Gasteiger partial charge >= 0.3 is 0 Å². The molecule has 1 aliphatic heterocycles. The lowest BCUT2D eigenvalue weighted by molar-refractivity contribution is -0.275. The highest BCUT2D eigenvalue weighted by Crippen LogP contribution is 2.60. The Bertz CT molecular complexity index is 739. The predicted octanol–water partition coefficient (Wildman–Crippen LogP) is 5.94. The fraction of sp³-hybridized carbons (Fsp3) is 0.750. The van der Waals surface area contributed by atoms with Crippen LogP contribution < -0.4 is 0 Å². The van der Waals surface area contributed by atoms with Crippen LogP contribution in [0.2, 0.25) is 23.2 Å². The quantitative estimate of drug-likeness (QED) is 0.542. The Morgan fingerprint density at radius 3 is 2.43 bits per heavy atom. The van der Waals surface area contributed by atoms with E-state index in [0.717, 1.165) is 30.7 Å². The smallest absolute Gasteiger partial charge is 0.192 e. The summed E-state index contributed by atoms with van der Waals surface area (Å²) in [6.07, 6.45) is 3.46. The molecule has 30 heavy (non-hydrogen) atoms. The van der Waals surface area contributed by atoms with Crippen molar-refractivity contribution in [3.8, 4) is 0 Å². The molecule has 4 rings (SSSR count). The van der Waals surface area contributed by atoms with E-state index in [1.54, 1.807) is 0 Å². The number of fused-ring (bicyclic) bond motifs is 2. The van der Waals surface area contributed by atoms with Crippen LogP contribution in [-0.4, -0.2) is 38.5 Å². The Hall–Kier alpha value is -0.433. The van der Waals surface area contributed by atoms with E-state index < -0.39 is 14.1 Å². The van der Waals surface area contributed by atoms with Crippen LogP contribution in [0.3, 0.4) is 0 Å². The molecule has 1 N–H and O–H groups in total. The highest BCUT2D eigenvalue weighted by atomic mass is 35.5. The minimum atomic E-state index is -1.93. The molecule has 2 saturated carbocycles. The molecule has 2 aliphatic carbocycles. The van der Waals surface area contributed by atoms with Gasteiger partial charge in [-0.25, -0.2) is 0 Å². The summed E-state index contributed by atoms with van der Waals surface area (Å²) in [7, 11) is -1.93. The summed E-state index contributed by atoms with van der Waals surface area (Å²) < 4.78 is 18.7. The minimum Gasteiger partial charge on any atom is -0.410 e. The fourth-order valence-corrected chi connectivity index (χ4v) is 6.72. The number of hydrogen-bond acceptors (Lipinski definition) is 4. The zero-order valence-corrected chi connectivity index (χ0v) is 20.7. The summed E-state index contributed by atoms with van der Waals surface area (Å²) in [5.41, 5.74) is 1.18. The second kappa shape index (κ2) is 8.16. The highest BCUT2D eigenvalue weighted by Gasteiger charge is 2.64. The molecule has 0 radical (unpaired) electrons. The van der Waals surface area contributed by atoms with Crippen molar-refractivity contribution in [1.82, 2.24) is 0 Å². The average molecular weight is 453 g/mol. The van der Waals surface area contributed by atoms with Crippen molar-refractivity contribution in [1.29, 1.82) is 0 Å². The number of ether oxygens (including phenoxy) is 2. The van der Waals surface area contributed by atoms with Gasteiger partial charge in [0.2, 0.25) is 0 Å². The first-order valence-corrected chi connectivity index (χ1v) is 14.7. The fourth-order valence-electron chi connectivity index (χ4n) is 5.28. The number of aliphatic hydroxyl groups is 1. The van der Waals surface area contributed by atoms with E-state index in [4.69, 9.17) is 25.5 Å². The molecule has 1 aromatic rings. The maximum atomic E-state index is 10.9. The van der Waals surface area contributed by atoms with Crippen molar-refractivity contribution in [3.05, 3.63) is 34.9 Å². The molecule has 0 bridgehead atoms. The van der Waals surface area contributed by atoms with Crippen LogP contribution in [0.4, 0.5) is 0 Å². The van der Waals surface area contributed by atoms with Gasteiger partial charge in [-0.3, -0.25) is 0 Å². The van der Waals surface area contributed by atoms with Gasteiger partial charge in [0.05, 0.1) is 25.4 Å². The third-order valence-corrected chi connectivity index (χ3v) is 12.9. The van der Waals surface area contributed by atoms with Crippen LogP contribution in [0, 0.1) is 17.8 Å². The van der Waals surface area contributed by atoms with Crippen molar-refractivity contribution in [2.24, 2.45) is 17.8 Å². The maximum Gasteiger partial charge on any atom is 0.192 e. The number of halogens is 1. The van der Waals surface area contributed by atoms with E-state index in [1.165, 1.54) is 5.56 Å².